The molecule has 4 rings (SSSR count). The lowest BCUT2D eigenvalue weighted by atomic mass is 9.76. The number of rotatable bonds is 4. The predicted octanol–water partition coefficient (Wildman–Crippen LogP) is 2.70. The highest BCUT2D eigenvalue weighted by Crippen LogP contribution is 2.63. The van der Waals surface area contributed by atoms with Crippen molar-refractivity contribution in [3.05, 3.63) is 28.9 Å². The lowest BCUT2D eigenvalue weighted by Crippen LogP contribution is -2.41. The first-order valence-electron chi connectivity index (χ1n) is 8.57. The maximum Gasteiger partial charge on any atom is 0.211 e. The summed E-state index contributed by atoms with van der Waals surface area (Å²) >= 11 is 6.22. The highest BCUT2D eigenvalue weighted by Gasteiger charge is 2.55. The minimum Gasteiger partial charge on any atom is -0.388 e. The van der Waals surface area contributed by atoms with Crippen LogP contribution in [0.5, 0.6) is 0 Å². The Balaban J connectivity index is 1.60. The molecule has 1 saturated heterocycles. The maximum absolute atomic E-state index is 11.7. The molecule has 136 valence electrons. The standard InChI is InChI=1S/C17H22ClN3O3S/c1-25(23,24)21-6-2-12(3-7-21)17(4-5-17)16(22)14-9-13(18)8-11-10-19-20-15(11)14/h8-10,12,16,22H,2-7H2,1H3,(H,19,20). The zero-order valence-corrected chi connectivity index (χ0v) is 15.6. The highest BCUT2D eigenvalue weighted by atomic mass is 35.5. The van der Waals surface area contributed by atoms with Gasteiger partial charge in [0.2, 0.25) is 10.0 Å². The number of sulfonamides is 1. The molecule has 1 aromatic heterocycles. The number of aliphatic hydroxyl groups excluding tert-OH is 1. The van der Waals surface area contributed by atoms with Crippen LogP contribution in [0.1, 0.15) is 37.4 Å². The molecule has 2 heterocycles. The summed E-state index contributed by atoms with van der Waals surface area (Å²) in [7, 11) is -3.13. The summed E-state index contributed by atoms with van der Waals surface area (Å²) in [6, 6.07) is 3.65. The van der Waals surface area contributed by atoms with Gasteiger partial charge in [-0.15, -0.1) is 0 Å². The Morgan fingerprint density at radius 1 is 1.36 bits per heavy atom. The maximum atomic E-state index is 11.7. The van der Waals surface area contributed by atoms with Crippen molar-refractivity contribution in [2.24, 2.45) is 11.3 Å². The van der Waals surface area contributed by atoms with Crippen LogP contribution in [-0.2, 0) is 10.0 Å². The van der Waals surface area contributed by atoms with E-state index < -0.39 is 16.1 Å². The van der Waals surface area contributed by atoms with Crippen molar-refractivity contribution >= 4 is 32.5 Å². The molecule has 1 aliphatic heterocycles. The number of hydrogen-bond acceptors (Lipinski definition) is 4. The van der Waals surface area contributed by atoms with Crippen molar-refractivity contribution < 1.29 is 13.5 Å². The third-order valence-electron chi connectivity index (χ3n) is 5.95. The average Bonchev–Trinajstić information content (AvgIpc) is 3.25. The van der Waals surface area contributed by atoms with Gasteiger partial charge in [0.25, 0.3) is 0 Å². The van der Waals surface area contributed by atoms with Gasteiger partial charge in [-0.1, -0.05) is 11.6 Å². The number of H-pyrrole nitrogens is 1. The minimum atomic E-state index is -3.13. The fourth-order valence-electron chi connectivity index (χ4n) is 4.38. The average molecular weight is 384 g/mol. The first-order chi connectivity index (χ1) is 11.8. The van der Waals surface area contributed by atoms with Gasteiger partial charge in [0.05, 0.1) is 24.1 Å². The van der Waals surface area contributed by atoms with E-state index in [0.29, 0.717) is 24.0 Å². The number of aromatic nitrogens is 2. The van der Waals surface area contributed by atoms with E-state index in [-0.39, 0.29) is 5.41 Å². The molecule has 25 heavy (non-hydrogen) atoms. The molecule has 1 saturated carbocycles. The number of nitrogens with zero attached hydrogens (tertiary/aromatic N) is 2. The number of piperidine rings is 1. The Labute approximate surface area is 152 Å². The molecule has 1 aliphatic carbocycles. The van der Waals surface area contributed by atoms with Gasteiger partial charge in [-0.2, -0.15) is 5.10 Å². The van der Waals surface area contributed by atoms with Gasteiger partial charge in [0, 0.05) is 34.5 Å². The molecule has 0 spiro atoms. The largest absolute Gasteiger partial charge is 0.388 e. The molecular formula is C17H22ClN3O3S. The molecule has 1 aromatic carbocycles. The molecule has 1 unspecified atom stereocenters. The molecule has 0 amide bonds. The first kappa shape index (κ1) is 17.3. The van der Waals surface area contributed by atoms with E-state index in [0.717, 1.165) is 42.1 Å². The van der Waals surface area contributed by atoms with Gasteiger partial charge in [-0.05, 0) is 43.7 Å². The van der Waals surface area contributed by atoms with Gasteiger partial charge >= 0.3 is 0 Å². The van der Waals surface area contributed by atoms with E-state index in [9.17, 15) is 13.5 Å². The summed E-state index contributed by atoms with van der Waals surface area (Å²) in [6.07, 6.45) is 5.84. The lowest BCUT2D eigenvalue weighted by Gasteiger charge is -2.37. The zero-order chi connectivity index (χ0) is 17.8. The third kappa shape index (κ3) is 2.97. The normalized spacial score (nSPS) is 23.0. The van der Waals surface area contributed by atoms with Gasteiger partial charge in [-0.3, -0.25) is 5.10 Å². The number of nitrogens with one attached hydrogen (secondary N) is 1. The molecule has 1 atom stereocenters. The Hall–Kier alpha value is -1.15. The SMILES string of the molecule is CS(=O)(=O)N1CCC(C2(C(O)c3cc(Cl)cc4cn[nH]c34)CC2)CC1. The van der Waals surface area contributed by atoms with Crippen molar-refractivity contribution in [2.75, 3.05) is 19.3 Å². The quantitative estimate of drug-likeness (QED) is 0.849. The van der Waals surface area contributed by atoms with Crippen LogP contribution in [0.2, 0.25) is 5.02 Å². The number of halogens is 1. The molecule has 2 N–H and O–H groups in total. The molecule has 6 nitrogen and oxygen atoms in total. The van der Waals surface area contributed by atoms with Gasteiger partial charge in [-0.25, -0.2) is 12.7 Å². The fraction of sp³-hybridized carbons (Fsp3) is 0.588. The molecule has 8 heteroatoms. The van der Waals surface area contributed by atoms with E-state index in [1.807, 2.05) is 12.1 Å². The van der Waals surface area contributed by atoms with Crippen molar-refractivity contribution in [3.63, 3.8) is 0 Å². The summed E-state index contributed by atoms with van der Waals surface area (Å²) in [5.74, 6) is 0.317. The first-order valence-corrected chi connectivity index (χ1v) is 10.8. The van der Waals surface area contributed by atoms with Crippen LogP contribution in [0, 0.1) is 11.3 Å². The Bertz CT molecular complexity index is 899. The summed E-state index contributed by atoms with van der Waals surface area (Å²) < 4.78 is 25.0. The van der Waals surface area contributed by atoms with E-state index in [2.05, 4.69) is 10.2 Å². The second-order valence-electron chi connectivity index (χ2n) is 7.40. The van der Waals surface area contributed by atoms with Crippen LogP contribution in [0.4, 0.5) is 0 Å². The van der Waals surface area contributed by atoms with Crippen LogP contribution >= 0.6 is 11.6 Å². The molecule has 2 aromatic rings. The van der Waals surface area contributed by atoms with Crippen LogP contribution in [0.15, 0.2) is 18.3 Å². The summed E-state index contributed by atoms with van der Waals surface area (Å²) in [5, 5.41) is 19.7. The van der Waals surface area contributed by atoms with Crippen molar-refractivity contribution in [1.82, 2.24) is 14.5 Å². The highest BCUT2D eigenvalue weighted by molar-refractivity contribution is 7.88. The predicted molar refractivity (Wildman–Crippen MR) is 96.9 cm³/mol. The number of benzene rings is 1. The second-order valence-corrected chi connectivity index (χ2v) is 9.82. The summed E-state index contributed by atoms with van der Waals surface area (Å²) in [4.78, 5) is 0. The second kappa shape index (κ2) is 5.94. The molecular weight excluding hydrogens is 362 g/mol. The fourth-order valence-corrected chi connectivity index (χ4v) is 5.49. The number of fused-ring (bicyclic) bond motifs is 1. The molecule has 0 bridgehead atoms. The number of aliphatic hydroxyl groups is 1. The van der Waals surface area contributed by atoms with Crippen molar-refractivity contribution in [3.8, 4) is 0 Å². The molecule has 0 radical (unpaired) electrons. The lowest BCUT2D eigenvalue weighted by molar-refractivity contribution is 0.0352. The van der Waals surface area contributed by atoms with Crippen LogP contribution in [-0.4, -0.2) is 47.4 Å². The topological polar surface area (TPSA) is 86.3 Å². The van der Waals surface area contributed by atoms with Crippen LogP contribution < -0.4 is 0 Å². The van der Waals surface area contributed by atoms with E-state index in [1.54, 1.807) is 10.5 Å². The van der Waals surface area contributed by atoms with E-state index in [1.165, 1.54) is 6.26 Å². The minimum absolute atomic E-state index is 0.174. The van der Waals surface area contributed by atoms with Crippen LogP contribution in [0.25, 0.3) is 10.9 Å². The summed E-state index contributed by atoms with van der Waals surface area (Å²) in [6.45, 7) is 1.07. The van der Waals surface area contributed by atoms with Crippen molar-refractivity contribution in [1.29, 1.82) is 0 Å². The van der Waals surface area contributed by atoms with Crippen molar-refractivity contribution in [2.45, 2.75) is 31.8 Å². The monoisotopic (exact) mass is 383 g/mol. The number of aromatic amines is 1. The Morgan fingerprint density at radius 3 is 2.64 bits per heavy atom. The van der Waals surface area contributed by atoms with Gasteiger partial charge in [0.15, 0.2) is 0 Å². The summed E-state index contributed by atoms with van der Waals surface area (Å²) in [5.41, 5.74) is 1.45. The smallest absolute Gasteiger partial charge is 0.211 e. The third-order valence-corrected chi connectivity index (χ3v) is 7.47. The number of hydrogen-bond donors (Lipinski definition) is 2. The zero-order valence-electron chi connectivity index (χ0n) is 14.1. The van der Waals surface area contributed by atoms with Gasteiger partial charge in [0.1, 0.15) is 0 Å². The Morgan fingerprint density at radius 2 is 2.04 bits per heavy atom. The molecule has 2 fully saturated rings. The van der Waals surface area contributed by atoms with E-state index in [4.69, 9.17) is 11.6 Å². The molecule has 2 aliphatic rings. The Kier molecular flexibility index (Phi) is 4.11. The van der Waals surface area contributed by atoms with Crippen LogP contribution in [0.3, 0.4) is 0 Å². The van der Waals surface area contributed by atoms with E-state index >= 15 is 0 Å². The van der Waals surface area contributed by atoms with Gasteiger partial charge < -0.3 is 5.11 Å².